The second-order valence-corrected chi connectivity index (χ2v) is 5.14. The standard InChI is InChI=1S/C16H18N4/c1-12(2)18-10-14-7-5-9-17-16(14)20-15-8-4-3-6-13(15)11-19-20/h3-9,11-12,18H,10H2,1-2H3. The quantitative estimate of drug-likeness (QED) is 0.789. The lowest BCUT2D eigenvalue weighted by molar-refractivity contribution is 0.585. The van der Waals surface area contributed by atoms with Gasteiger partial charge in [0.25, 0.3) is 0 Å². The maximum atomic E-state index is 4.51. The van der Waals surface area contributed by atoms with Gasteiger partial charge in [0.2, 0.25) is 0 Å². The molecule has 0 fully saturated rings. The van der Waals surface area contributed by atoms with Crippen LogP contribution in [-0.2, 0) is 6.54 Å². The number of hydrogen-bond acceptors (Lipinski definition) is 3. The highest BCUT2D eigenvalue weighted by Gasteiger charge is 2.10. The van der Waals surface area contributed by atoms with Crippen molar-refractivity contribution < 1.29 is 0 Å². The molecule has 2 heterocycles. The molecular formula is C16H18N4. The van der Waals surface area contributed by atoms with Crippen LogP contribution in [0.5, 0.6) is 0 Å². The fourth-order valence-electron chi connectivity index (χ4n) is 2.21. The maximum absolute atomic E-state index is 4.51. The van der Waals surface area contributed by atoms with Gasteiger partial charge < -0.3 is 5.32 Å². The van der Waals surface area contributed by atoms with Gasteiger partial charge in [-0.2, -0.15) is 5.10 Å². The van der Waals surface area contributed by atoms with Crippen molar-refractivity contribution in [3.63, 3.8) is 0 Å². The van der Waals surface area contributed by atoms with E-state index < -0.39 is 0 Å². The van der Waals surface area contributed by atoms with E-state index in [0.717, 1.165) is 28.8 Å². The summed E-state index contributed by atoms with van der Waals surface area (Å²) < 4.78 is 1.91. The molecule has 20 heavy (non-hydrogen) atoms. The number of fused-ring (bicyclic) bond motifs is 1. The Labute approximate surface area is 118 Å². The van der Waals surface area contributed by atoms with E-state index in [9.17, 15) is 0 Å². The van der Waals surface area contributed by atoms with Gasteiger partial charge >= 0.3 is 0 Å². The first-order valence-electron chi connectivity index (χ1n) is 6.86. The lowest BCUT2D eigenvalue weighted by Crippen LogP contribution is -2.23. The molecule has 0 bridgehead atoms. The number of rotatable bonds is 4. The lowest BCUT2D eigenvalue weighted by atomic mass is 10.2. The molecule has 3 aromatic rings. The van der Waals surface area contributed by atoms with Gasteiger partial charge in [0, 0.05) is 29.7 Å². The van der Waals surface area contributed by atoms with Crippen molar-refractivity contribution in [2.45, 2.75) is 26.4 Å². The third-order valence-corrected chi connectivity index (χ3v) is 3.25. The Hall–Kier alpha value is -2.20. The maximum Gasteiger partial charge on any atom is 0.158 e. The van der Waals surface area contributed by atoms with E-state index in [1.807, 2.05) is 35.3 Å². The van der Waals surface area contributed by atoms with Crippen molar-refractivity contribution in [1.29, 1.82) is 0 Å². The minimum absolute atomic E-state index is 0.442. The Bertz CT molecular complexity index is 715. The summed E-state index contributed by atoms with van der Waals surface area (Å²) in [6.07, 6.45) is 3.69. The van der Waals surface area contributed by atoms with Crippen LogP contribution in [0.25, 0.3) is 16.7 Å². The molecule has 0 saturated heterocycles. The van der Waals surface area contributed by atoms with Crippen LogP contribution in [0, 0.1) is 0 Å². The molecule has 1 aromatic carbocycles. The van der Waals surface area contributed by atoms with E-state index in [-0.39, 0.29) is 0 Å². The van der Waals surface area contributed by atoms with Crippen LogP contribution in [0.15, 0.2) is 48.8 Å². The Morgan fingerprint density at radius 1 is 1.15 bits per heavy atom. The van der Waals surface area contributed by atoms with Gasteiger partial charge in [0.15, 0.2) is 5.82 Å². The van der Waals surface area contributed by atoms with E-state index in [1.54, 1.807) is 0 Å². The topological polar surface area (TPSA) is 42.7 Å². The monoisotopic (exact) mass is 266 g/mol. The van der Waals surface area contributed by atoms with Gasteiger partial charge in [-0.25, -0.2) is 9.67 Å². The third kappa shape index (κ3) is 2.42. The molecule has 0 saturated carbocycles. The second-order valence-electron chi connectivity index (χ2n) is 5.14. The van der Waals surface area contributed by atoms with E-state index in [0.29, 0.717) is 6.04 Å². The smallest absolute Gasteiger partial charge is 0.158 e. The lowest BCUT2D eigenvalue weighted by Gasteiger charge is -2.12. The summed E-state index contributed by atoms with van der Waals surface area (Å²) in [5.74, 6) is 0.891. The van der Waals surface area contributed by atoms with Crippen LogP contribution < -0.4 is 5.32 Å². The molecule has 0 unspecified atom stereocenters. The van der Waals surface area contributed by atoms with E-state index in [1.165, 1.54) is 0 Å². The first-order chi connectivity index (χ1) is 9.75. The van der Waals surface area contributed by atoms with Crippen LogP contribution in [0.4, 0.5) is 0 Å². The summed E-state index contributed by atoms with van der Waals surface area (Å²) in [4.78, 5) is 4.51. The van der Waals surface area contributed by atoms with Crippen molar-refractivity contribution in [2.75, 3.05) is 0 Å². The molecule has 0 radical (unpaired) electrons. The van der Waals surface area contributed by atoms with E-state index >= 15 is 0 Å². The van der Waals surface area contributed by atoms with E-state index in [2.05, 4.69) is 47.4 Å². The number of nitrogens with one attached hydrogen (secondary N) is 1. The molecule has 102 valence electrons. The first kappa shape index (κ1) is 12.8. The molecule has 4 nitrogen and oxygen atoms in total. The number of benzene rings is 1. The molecule has 0 spiro atoms. The average Bonchev–Trinajstić information content (AvgIpc) is 2.89. The van der Waals surface area contributed by atoms with Crippen LogP contribution in [-0.4, -0.2) is 20.8 Å². The van der Waals surface area contributed by atoms with E-state index in [4.69, 9.17) is 0 Å². The zero-order valence-electron chi connectivity index (χ0n) is 11.7. The molecule has 0 atom stereocenters. The van der Waals surface area contributed by atoms with Crippen LogP contribution in [0.1, 0.15) is 19.4 Å². The zero-order chi connectivity index (χ0) is 13.9. The summed E-state index contributed by atoms with van der Waals surface area (Å²) in [6, 6.07) is 12.7. The molecule has 0 aliphatic rings. The first-order valence-corrected chi connectivity index (χ1v) is 6.86. The van der Waals surface area contributed by atoms with Crippen molar-refractivity contribution in [3.05, 3.63) is 54.4 Å². The highest BCUT2D eigenvalue weighted by molar-refractivity contribution is 5.79. The third-order valence-electron chi connectivity index (χ3n) is 3.25. The predicted molar refractivity (Wildman–Crippen MR) is 80.8 cm³/mol. The molecule has 3 rings (SSSR count). The Balaban J connectivity index is 2.05. The number of hydrogen-bond donors (Lipinski definition) is 1. The number of para-hydroxylation sites is 1. The Morgan fingerprint density at radius 3 is 2.85 bits per heavy atom. The fourth-order valence-corrected chi connectivity index (χ4v) is 2.21. The molecular weight excluding hydrogens is 248 g/mol. The van der Waals surface area contributed by atoms with Crippen LogP contribution >= 0.6 is 0 Å². The van der Waals surface area contributed by atoms with Crippen LogP contribution in [0.3, 0.4) is 0 Å². The second kappa shape index (κ2) is 5.43. The van der Waals surface area contributed by atoms with Gasteiger partial charge in [0.1, 0.15) is 0 Å². The van der Waals surface area contributed by atoms with Crippen molar-refractivity contribution >= 4 is 10.9 Å². The number of nitrogens with zero attached hydrogens (tertiary/aromatic N) is 3. The SMILES string of the molecule is CC(C)NCc1cccnc1-n1ncc2ccccc21. The summed E-state index contributed by atoms with van der Waals surface area (Å²) >= 11 is 0. The molecule has 2 aromatic heterocycles. The minimum atomic E-state index is 0.442. The summed E-state index contributed by atoms with van der Waals surface area (Å²) in [5, 5.41) is 9.04. The van der Waals surface area contributed by atoms with Gasteiger partial charge in [0.05, 0.1) is 11.7 Å². The van der Waals surface area contributed by atoms with Crippen molar-refractivity contribution in [3.8, 4) is 5.82 Å². The van der Waals surface area contributed by atoms with Crippen molar-refractivity contribution in [1.82, 2.24) is 20.1 Å². The van der Waals surface area contributed by atoms with Gasteiger partial charge in [-0.3, -0.25) is 0 Å². The van der Waals surface area contributed by atoms with Gasteiger partial charge in [-0.15, -0.1) is 0 Å². The molecule has 0 aliphatic carbocycles. The van der Waals surface area contributed by atoms with Crippen molar-refractivity contribution in [2.24, 2.45) is 0 Å². The van der Waals surface area contributed by atoms with Gasteiger partial charge in [-0.1, -0.05) is 38.1 Å². The summed E-state index contributed by atoms with van der Waals surface area (Å²) in [7, 11) is 0. The van der Waals surface area contributed by atoms with Gasteiger partial charge in [-0.05, 0) is 12.1 Å². The number of aromatic nitrogens is 3. The molecule has 4 heteroatoms. The van der Waals surface area contributed by atoms with Crippen LogP contribution in [0.2, 0.25) is 0 Å². The largest absolute Gasteiger partial charge is 0.310 e. The highest BCUT2D eigenvalue weighted by atomic mass is 15.3. The molecule has 0 aliphatic heterocycles. The highest BCUT2D eigenvalue weighted by Crippen LogP contribution is 2.19. The predicted octanol–water partition coefficient (Wildman–Crippen LogP) is 2.92. The normalized spacial score (nSPS) is 11.3. The fraction of sp³-hybridized carbons (Fsp3) is 0.250. The molecule has 1 N–H and O–H groups in total. The summed E-state index contributed by atoms with van der Waals surface area (Å²) in [6.45, 7) is 5.06. The number of pyridine rings is 1. The molecule has 0 amide bonds. The summed E-state index contributed by atoms with van der Waals surface area (Å²) in [5.41, 5.74) is 2.23. The Morgan fingerprint density at radius 2 is 2.00 bits per heavy atom. The zero-order valence-corrected chi connectivity index (χ0v) is 11.7. The Kier molecular flexibility index (Phi) is 3.48. The average molecular weight is 266 g/mol. The minimum Gasteiger partial charge on any atom is -0.310 e.